The maximum absolute atomic E-state index is 9.12. The third-order valence-electron chi connectivity index (χ3n) is 3.59. The number of ether oxygens (including phenoxy) is 1. The maximum atomic E-state index is 9.12. The Morgan fingerprint density at radius 3 is 2.59 bits per heavy atom. The molecule has 1 rings (SSSR count). The van der Waals surface area contributed by atoms with Gasteiger partial charge in [0.1, 0.15) is 0 Å². The lowest BCUT2D eigenvalue weighted by atomic mass is 9.93. The zero-order chi connectivity index (χ0) is 12.6. The number of rotatable bonds is 8. The zero-order valence-electron chi connectivity index (χ0n) is 11.5. The van der Waals surface area contributed by atoms with Gasteiger partial charge in [0.05, 0.1) is 0 Å². The third-order valence-corrected chi connectivity index (χ3v) is 3.59. The lowest BCUT2D eigenvalue weighted by molar-refractivity contribution is 0.0631. The minimum absolute atomic E-state index is 0.0146. The van der Waals surface area contributed by atoms with Gasteiger partial charge in [-0.25, -0.2) is 0 Å². The van der Waals surface area contributed by atoms with Gasteiger partial charge in [0.25, 0.3) is 0 Å². The van der Waals surface area contributed by atoms with Crippen LogP contribution in [-0.4, -0.2) is 38.0 Å². The second-order valence-corrected chi connectivity index (χ2v) is 6.05. The summed E-state index contributed by atoms with van der Waals surface area (Å²) in [4.78, 5) is 0. The predicted octanol–water partition coefficient (Wildman–Crippen LogP) is 2.19. The summed E-state index contributed by atoms with van der Waals surface area (Å²) < 4.78 is 5.36. The van der Waals surface area contributed by atoms with Crippen molar-refractivity contribution in [2.24, 2.45) is 11.3 Å². The van der Waals surface area contributed by atoms with Crippen molar-refractivity contribution in [1.82, 2.24) is 5.32 Å². The second kappa shape index (κ2) is 8.06. The van der Waals surface area contributed by atoms with E-state index in [0.717, 1.165) is 32.2 Å². The first-order valence-corrected chi connectivity index (χ1v) is 7.03. The first kappa shape index (κ1) is 14.9. The number of unbranched alkanes of at least 4 members (excludes halogenated alkanes) is 1. The Morgan fingerprint density at radius 2 is 1.94 bits per heavy atom. The zero-order valence-corrected chi connectivity index (χ0v) is 11.5. The maximum Gasteiger partial charge on any atom is 0.0494 e. The molecule has 3 heteroatoms. The van der Waals surface area contributed by atoms with E-state index in [1.165, 1.54) is 32.1 Å². The van der Waals surface area contributed by atoms with Gasteiger partial charge in [-0.1, -0.05) is 26.7 Å². The Morgan fingerprint density at radius 1 is 1.24 bits per heavy atom. The fourth-order valence-electron chi connectivity index (χ4n) is 2.20. The standard InChI is InChI=1S/C14H29NO2/c1-14(2,12-16)11-15-8-4-3-5-13-6-9-17-10-7-13/h13,15-16H,3-12H2,1-2H3. The molecule has 1 aliphatic heterocycles. The average Bonchev–Trinajstić information content (AvgIpc) is 2.35. The van der Waals surface area contributed by atoms with Crippen molar-refractivity contribution < 1.29 is 9.84 Å². The lowest BCUT2D eigenvalue weighted by Gasteiger charge is -2.23. The highest BCUT2D eigenvalue weighted by Crippen LogP contribution is 2.20. The molecular weight excluding hydrogens is 214 g/mol. The van der Waals surface area contributed by atoms with Crippen LogP contribution < -0.4 is 5.32 Å². The van der Waals surface area contributed by atoms with Crippen molar-refractivity contribution in [3.63, 3.8) is 0 Å². The molecule has 0 unspecified atom stereocenters. The number of nitrogens with one attached hydrogen (secondary N) is 1. The molecule has 0 aliphatic carbocycles. The van der Waals surface area contributed by atoms with Gasteiger partial charge >= 0.3 is 0 Å². The van der Waals surface area contributed by atoms with Crippen molar-refractivity contribution in [2.75, 3.05) is 32.9 Å². The first-order valence-electron chi connectivity index (χ1n) is 7.03. The Kier molecular flexibility index (Phi) is 7.09. The summed E-state index contributed by atoms with van der Waals surface area (Å²) in [5, 5.41) is 12.5. The number of aliphatic hydroxyl groups is 1. The summed E-state index contributed by atoms with van der Waals surface area (Å²) in [5.41, 5.74) is 0.0146. The van der Waals surface area contributed by atoms with Crippen molar-refractivity contribution >= 4 is 0 Å². The molecule has 0 atom stereocenters. The fourth-order valence-corrected chi connectivity index (χ4v) is 2.20. The summed E-state index contributed by atoms with van der Waals surface area (Å²) in [7, 11) is 0. The third kappa shape index (κ3) is 7.02. The predicted molar refractivity (Wildman–Crippen MR) is 71.1 cm³/mol. The topological polar surface area (TPSA) is 41.5 Å². The van der Waals surface area contributed by atoms with E-state index in [9.17, 15) is 0 Å². The van der Waals surface area contributed by atoms with Gasteiger partial charge in [0.15, 0.2) is 0 Å². The first-order chi connectivity index (χ1) is 8.14. The highest BCUT2D eigenvalue weighted by molar-refractivity contribution is 4.70. The molecule has 0 aromatic rings. The van der Waals surface area contributed by atoms with Crippen LogP contribution in [0.1, 0.15) is 46.0 Å². The molecule has 0 amide bonds. The van der Waals surface area contributed by atoms with Gasteiger partial charge in [-0.15, -0.1) is 0 Å². The molecular formula is C14H29NO2. The van der Waals surface area contributed by atoms with Crippen molar-refractivity contribution in [3.05, 3.63) is 0 Å². The molecule has 0 bridgehead atoms. The Balaban J connectivity index is 1.90. The molecule has 1 fully saturated rings. The van der Waals surface area contributed by atoms with Gasteiger partial charge in [-0.3, -0.25) is 0 Å². The summed E-state index contributed by atoms with van der Waals surface area (Å²) in [5.74, 6) is 0.901. The van der Waals surface area contributed by atoms with E-state index < -0.39 is 0 Å². The van der Waals surface area contributed by atoms with Gasteiger partial charge in [-0.05, 0) is 31.7 Å². The van der Waals surface area contributed by atoms with Crippen LogP contribution >= 0.6 is 0 Å². The van der Waals surface area contributed by atoms with Crippen LogP contribution in [0.25, 0.3) is 0 Å². The summed E-state index contributed by atoms with van der Waals surface area (Å²) in [6, 6.07) is 0. The molecule has 3 nitrogen and oxygen atoms in total. The molecule has 0 spiro atoms. The van der Waals surface area contributed by atoms with Crippen LogP contribution in [0.5, 0.6) is 0 Å². The van der Waals surface area contributed by atoms with Crippen molar-refractivity contribution in [1.29, 1.82) is 0 Å². The Labute approximate surface area is 106 Å². The summed E-state index contributed by atoms with van der Waals surface area (Å²) in [6.45, 7) is 8.33. The summed E-state index contributed by atoms with van der Waals surface area (Å²) >= 11 is 0. The SMILES string of the molecule is CC(C)(CO)CNCCCCC1CCOCC1. The molecule has 1 heterocycles. The van der Waals surface area contributed by atoms with Crippen LogP contribution in [0.15, 0.2) is 0 Å². The van der Waals surface area contributed by atoms with E-state index in [2.05, 4.69) is 19.2 Å². The number of hydrogen-bond donors (Lipinski definition) is 2. The van der Waals surface area contributed by atoms with Crippen molar-refractivity contribution in [2.45, 2.75) is 46.0 Å². The van der Waals surface area contributed by atoms with Crippen LogP contribution in [0.4, 0.5) is 0 Å². The minimum Gasteiger partial charge on any atom is -0.396 e. The largest absolute Gasteiger partial charge is 0.396 e. The van der Waals surface area contributed by atoms with Gasteiger partial charge in [-0.2, -0.15) is 0 Å². The molecule has 0 radical (unpaired) electrons. The highest BCUT2D eigenvalue weighted by atomic mass is 16.5. The highest BCUT2D eigenvalue weighted by Gasteiger charge is 2.15. The van der Waals surface area contributed by atoms with E-state index in [1.54, 1.807) is 0 Å². The van der Waals surface area contributed by atoms with Gasteiger partial charge in [0.2, 0.25) is 0 Å². The van der Waals surface area contributed by atoms with E-state index in [0.29, 0.717) is 0 Å². The smallest absolute Gasteiger partial charge is 0.0494 e. The van der Waals surface area contributed by atoms with Crippen molar-refractivity contribution in [3.8, 4) is 0 Å². The Bertz CT molecular complexity index is 189. The van der Waals surface area contributed by atoms with Gasteiger partial charge < -0.3 is 15.2 Å². The Hall–Kier alpha value is -0.120. The minimum atomic E-state index is 0.0146. The molecule has 1 aliphatic rings. The molecule has 1 saturated heterocycles. The van der Waals surface area contributed by atoms with E-state index >= 15 is 0 Å². The van der Waals surface area contributed by atoms with E-state index in [4.69, 9.17) is 9.84 Å². The summed E-state index contributed by atoms with van der Waals surface area (Å²) in [6.07, 6.45) is 6.43. The average molecular weight is 243 g/mol. The van der Waals surface area contributed by atoms with E-state index in [1.807, 2.05) is 0 Å². The monoisotopic (exact) mass is 243 g/mol. The molecule has 0 aromatic heterocycles. The molecule has 102 valence electrons. The van der Waals surface area contributed by atoms with E-state index in [-0.39, 0.29) is 12.0 Å². The fraction of sp³-hybridized carbons (Fsp3) is 1.00. The van der Waals surface area contributed by atoms with Crippen LogP contribution in [-0.2, 0) is 4.74 Å². The lowest BCUT2D eigenvalue weighted by Crippen LogP contribution is -2.32. The number of aliphatic hydroxyl groups excluding tert-OH is 1. The molecule has 2 N–H and O–H groups in total. The molecule has 17 heavy (non-hydrogen) atoms. The number of hydrogen-bond acceptors (Lipinski definition) is 3. The van der Waals surface area contributed by atoms with Crippen LogP contribution in [0.2, 0.25) is 0 Å². The molecule has 0 aromatic carbocycles. The second-order valence-electron chi connectivity index (χ2n) is 6.05. The quantitative estimate of drug-likeness (QED) is 0.642. The van der Waals surface area contributed by atoms with Crippen LogP contribution in [0.3, 0.4) is 0 Å². The van der Waals surface area contributed by atoms with Crippen LogP contribution in [0, 0.1) is 11.3 Å². The van der Waals surface area contributed by atoms with Gasteiger partial charge in [0, 0.05) is 31.8 Å². The normalized spacial score (nSPS) is 18.5. The molecule has 0 saturated carbocycles.